The Bertz CT molecular complexity index is 590. The predicted octanol–water partition coefficient (Wildman–Crippen LogP) is 1.39. The van der Waals surface area contributed by atoms with Crippen LogP contribution in [0.1, 0.15) is 30.1 Å². The van der Waals surface area contributed by atoms with Gasteiger partial charge in [0.1, 0.15) is 0 Å². The fourth-order valence-electron chi connectivity index (χ4n) is 1.65. The summed E-state index contributed by atoms with van der Waals surface area (Å²) in [4.78, 5) is 15.2. The summed E-state index contributed by atoms with van der Waals surface area (Å²) < 4.78 is 5.10. The Kier molecular flexibility index (Phi) is 4.14. The second kappa shape index (κ2) is 5.83. The number of nitrogens with two attached hydrogens (primary N) is 1. The van der Waals surface area contributed by atoms with Crippen LogP contribution in [0.3, 0.4) is 0 Å². The number of carbonyl (C=O) groups is 1. The quantitative estimate of drug-likeness (QED) is 0.858. The van der Waals surface area contributed by atoms with Crippen molar-refractivity contribution < 1.29 is 14.4 Å². The smallest absolute Gasteiger partial charge is 0.248 e. The summed E-state index contributed by atoms with van der Waals surface area (Å²) in [6, 6.07) is 6.62. The van der Waals surface area contributed by atoms with Crippen molar-refractivity contribution >= 4 is 5.91 Å². The van der Waals surface area contributed by atoms with Crippen molar-refractivity contribution in [2.75, 3.05) is 0 Å². The molecule has 0 aliphatic heterocycles. The summed E-state index contributed by atoms with van der Waals surface area (Å²) in [5, 5.41) is 13.6. The fourth-order valence-corrected chi connectivity index (χ4v) is 1.65. The first-order chi connectivity index (χ1) is 9.47. The first-order valence-corrected chi connectivity index (χ1v) is 6.38. The lowest BCUT2D eigenvalue weighted by molar-refractivity contribution is 0.1000. The molecule has 0 radical (unpaired) electrons. The van der Waals surface area contributed by atoms with E-state index in [4.69, 9.17) is 10.3 Å². The number of aromatic nitrogens is 2. The summed E-state index contributed by atoms with van der Waals surface area (Å²) >= 11 is 0. The highest BCUT2D eigenvalue weighted by Crippen LogP contribution is 2.17. The Morgan fingerprint density at radius 2 is 2.00 bits per heavy atom. The van der Waals surface area contributed by atoms with Crippen LogP contribution in [0.2, 0.25) is 0 Å². The van der Waals surface area contributed by atoms with Crippen LogP contribution in [0.5, 0.6) is 0 Å². The molecule has 6 heteroatoms. The number of hydrogen-bond donors (Lipinski definition) is 2. The molecule has 1 heterocycles. The van der Waals surface area contributed by atoms with Gasteiger partial charge in [0.25, 0.3) is 0 Å². The van der Waals surface area contributed by atoms with Crippen LogP contribution < -0.4 is 5.73 Å². The van der Waals surface area contributed by atoms with Gasteiger partial charge in [-0.3, -0.25) is 4.79 Å². The van der Waals surface area contributed by atoms with Crippen molar-refractivity contribution in [1.29, 1.82) is 0 Å². The molecule has 0 spiro atoms. The second-order valence-electron chi connectivity index (χ2n) is 4.97. The number of benzene rings is 1. The third-order valence-corrected chi connectivity index (χ3v) is 3.05. The Balaban J connectivity index is 2.14. The SMILES string of the molecule is CC(C)C(O)Cc1nc(-c2ccc(C(N)=O)cc2)no1. The third-order valence-electron chi connectivity index (χ3n) is 3.05. The number of rotatable bonds is 5. The van der Waals surface area contributed by atoms with Crippen LogP contribution in [0, 0.1) is 5.92 Å². The Hall–Kier alpha value is -2.21. The molecule has 2 aromatic rings. The summed E-state index contributed by atoms with van der Waals surface area (Å²) in [7, 11) is 0. The van der Waals surface area contributed by atoms with Gasteiger partial charge in [-0.1, -0.05) is 31.1 Å². The van der Waals surface area contributed by atoms with Crippen molar-refractivity contribution in [1.82, 2.24) is 10.1 Å². The zero-order valence-corrected chi connectivity index (χ0v) is 11.4. The maximum absolute atomic E-state index is 11.0. The van der Waals surface area contributed by atoms with Crippen LogP contribution in [0.4, 0.5) is 0 Å². The summed E-state index contributed by atoms with van der Waals surface area (Å²) in [5.41, 5.74) is 6.32. The normalized spacial score (nSPS) is 12.6. The van der Waals surface area contributed by atoms with Gasteiger partial charge in [0.15, 0.2) is 0 Å². The molecule has 1 aromatic carbocycles. The molecular formula is C14H17N3O3. The van der Waals surface area contributed by atoms with E-state index in [-0.39, 0.29) is 5.92 Å². The number of aliphatic hydroxyl groups excluding tert-OH is 1. The topological polar surface area (TPSA) is 102 Å². The molecule has 0 fully saturated rings. The standard InChI is InChI=1S/C14H17N3O3/c1-8(2)11(18)7-12-16-14(17-20-12)10-5-3-9(4-6-10)13(15)19/h3-6,8,11,18H,7H2,1-2H3,(H2,15,19). The monoisotopic (exact) mass is 275 g/mol. The first kappa shape index (κ1) is 14.2. The first-order valence-electron chi connectivity index (χ1n) is 6.38. The van der Waals surface area contributed by atoms with E-state index in [2.05, 4.69) is 10.1 Å². The summed E-state index contributed by atoms with van der Waals surface area (Å²) in [6.45, 7) is 3.84. The number of primary amides is 1. The van der Waals surface area contributed by atoms with Gasteiger partial charge >= 0.3 is 0 Å². The number of amides is 1. The molecular weight excluding hydrogens is 258 g/mol. The van der Waals surface area contributed by atoms with Crippen molar-refractivity contribution in [3.63, 3.8) is 0 Å². The van der Waals surface area contributed by atoms with Gasteiger partial charge in [-0.2, -0.15) is 4.98 Å². The molecule has 0 aliphatic carbocycles. The molecule has 1 aromatic heterocycles. The molecule has 2 rings (SSSR count). The largest absolute Gasteiger partial charge is 0.392 e. The summed E-state index contributed by atoms with van der Waals surface area (Å²) in [5.74, 6) is 0.456. The number of aliphatic hydroxyl groups is 1. The maximum Gasteiger partial charge on any atom is 0.248 e. The molecule has 1 unspecified atom stereocenters. The van der Waals surface area contributed by atoms with Crippen LogP contribution in [0.15, 0.2) is 28.8 Å². The molecule has 0 aliphatic rings. The highest BCUT2D eigenvalue weighted by Gasteiger charge is 2.16. The van der Waals surface area contributed by atoms with E-state index in [9.17, 15) is 9.90 Å². The number of nitrogens with zero attached hydrogens (tertiary/aromatic N) is 2. The average Bonchev–Trinajstić information content (AvgIpc) is 2.87. The molecule has 0 saturated carbocycles. The lowest BCUT2D eigenvalue weighted by Gasteiger charge is -2.10. The minimum Gasteiger partial charge on any atom is -0.392 e. The lowest BCUT2D eigenvalue weighted by atomic mass is 10.0. The van der Waals surface area contributed by atoms with Crippen molar-refractivity contribution in [3.8, 4) is 11.4 Å². The van der Waals surface area contributed by atoms with Gasteiger partial charge in [0.05, 0.1) is 12.5 Å². The van der Waals surface area contributed by atoms with E-state index < -0.39 is 12.0 Å². The Morgan fingerprint density at radius 3 is 2.55 bits per heavy atom. The predicted molar refractivity (Wildman–Crippen MR) is 72.8 cm³/mol. The Labute approximate surface area is 116 Å². The van der Waals surface area contributed by atoms with Gasteiger partial charge in [-0.25, -0.2) is 0 Å². The van der Waals surface area contributed by atoms with E-state index in [1.165, 1.54) is 0 Å². The zero-order valence-electron chi connectivity index (χ0n) is 11.4. The molecule has 3 N–H and O–H groups in total. The number of hydrogen-bond acceptors (Lipinski definition) is 5. The van der Waals surface area contributed by atoms with Crippen LogP contribution >= 0.6 is 0 Å². The van der Waals surface area contributed by atoms with Gasteiger partial charge in [-0.15, -0.1) is 0 Å². The molecule has 0 bridgehead atoms. The Morgan fingerprint density at radius 1 is 1.35 bits per heavy atom. The van der Waals surface area contributed by atoms with E-state index >= 15 is 0 Å². The van der Waals surface area contributed by atoms with Crippen molar-refractivity contribution in [2.24, 2.45) is 11.7 Å². The van der Waals surface area contributed by atoms with E-state index in [1.54, 1.807) is 24.3 Å². The van der Waals surface area contributed by atoms with Crippen molar-refractivity contribution in [3.05, 3.63) is 35.7 Å². The van der Waals surface area contributed by atoms with Gasteiger partial charge < -0.3 is 15.4 Å². The van der Waals surface area contributed by atoms with Gasteiger partial charge in [0, 0.05) is 11.1 Å². The fraction of sp³-hybridized carbons (Fsp3) is 0.357. The molecule has 1 amide bonds. The molecule has 6 nitrogen and oxygen atoms in total. The third kappa shape index (κ3) is 3.21. The van der Waals surface area contributed by atoms with Crippen molar-refractivity contribution in [2.45, 2.75) is 26.4 Å². The van der Waals surface area contributed by atoms with Gasteiger partial charge in [0.2, 0.25) is 17.6 Å². The van der Waals surface area contributed by atoms with Crippen LogP contribution in [-0.2, 0) is 6.42 Å². The number of carbonyl (C=O) groups excluding carboxylic acids is 1. The van der Waals surface area contributed by atoms with E-state index in [0.29, 0.717) is 23.7 Å². The van der Waals surface area contributed by atoms with Gasteiger partial charge in [-0.05, 0) is 18.1 Å². The second-order valence-corrected chi connectivity index (χ2v) is 4.97. The molecule has 0 saturated heterocycles. The highest BCUT2D eigenvalue weighted by atomic mass is 16.5. The maximum atomic E-state index is 11.0. The van der Waals surface area contributed by atoms with Crippen LogP contribution in [-0.4, -0.2) is 27.3 Å². The lowest BCUT2D eigenvalue weighted by Crippen LogP contribution is -2.17. The summed E-state index contributed by atoms with van der Waals surface area (Å²) in [6.07, 6.45) is -0.190. The average molecular weight is 275 g/mol. The zero-order chi connectivity index (χ0) is 14.7. The molecule has 20 heavy (non-hydrogen) atoms. The van der Waals surface area contributed by atoms with Crippen LogP contribution in [0.25, 0.3) is 11.4 Å². The minimum absolute atomic E-state index is 0.125. The highest BCUT2D eigenvalue weighted by molar-refractivity contribution is 5.93. The molecule has 1 atom stereocenters. The minimum atomic E-state index is -0.513. The van der Waals surface area contributed by atoms with E-state index in [0.717, 1.165) is 5.56 Å². The molecule has 106 valence electrons. The van der Waals surface area contributed by atoms with E-state index in [1.807, 2.05) is 13.8 Å².